The Morgan fingerprint density at radius 3 is 2.58 bits per heavy atom. The molecular weight excluding hydrogens is 352 g/mol. The number of para-hydroxylation sites is 1. The van der Waals surface area contributed by atoms with Crippen LogP contribution in [-0.2, 0) is 11.2 Å². The van der Waals surface area contributed by atoms with Crippen molar-refractivity contribution in [2.24, 2.45) is 0 Å². The molecule has 0 spiro atoms. The largest absolute Gasteiger partial charge is 0.451 e. The lowest BCUT2D eigenvalue weighted by molar-refractivity contribution is -0.121. The maximum absolute atomic E-state index is 12.3. The molecule has 0 aliphatic carbocycles. The van der Waals surface area contributed by atoms with Gasteiger partial charge in [-0.25, -0.2) is 0 Å². The second-order valence-corrected chi connectivity index (χ2v) is 6.55. The first-order chi connectivity index (χ1) is 12.5. The molecule has 0 aliphatic heterocycles. The Morgan fingerprint density at radius 2 is 1.85 bits per heavy atom. The van der Waals surface area contributed by atoms with Crippen LogP contribution in [0.3, 0.4) is 0 Å². The van der Waals surface area contributed by atoms with Gasteiger partial charge in [0.05, 0.1) is 0 Å². The van der Waals surface area contributed by atoms with Gasteiger partial charge in [0, 0.05) is 22.4 Å². The number of halogens is 1. The molecule has 3 rings (SSSR count). The van der Waals surface area contributed by atoms with Crippen molar-refractivity contribution in [3.8, 4) is 0 Å². The van der Waals surface area contributed by atoms with Gasteiger partial charge in [0.15, 0.2) is 5.76 Å². The van der Waals surface area contributed by atoms with Crippen LogP contribution in [0.4, 0.5) is 0 Å². The molecule has 26 heavy (non-hydrogen) atoms. The normalized spacial score (nSPS) is 10.7. The highest BCUT2D eigenvalue weighted by Gasteiger charge is 2.17. The summed E-state index contributed by atoms with van der Waals surface area (Å²) in [4.78, 5) is 24.2. The number of furan rings is 1. The lowest BCUT2D eigenvalue weighted by Gasteiger charge is -2.07. The SMILES string of the molecule is Cc1ccc(CCC(=O)NNC(=O)c2oc3ccccc3c2C)cc1Cl. The predicted octanol–water partition coefficient (Wildman–Crippen LogP) is 4.10. The maximum Gasteiger partial charge on any atom is 0.305 e. The summed E-state index contributed by atoms with van der Waals surface area (Å²) in [6.07, 6.45) is 0.768. The summed E-state index contributed by atoms with van der Waals surface area (Å²) in [6.45, 7) is 3.73. The van der Waals surface area contributed by atoms with Gasteiger partial charge < -0.3 is 4.42 Å². The monoisotopic (exact) mass is 370 g/mol. The van der Waals surface area contributed by atoms with Crippen LogP contribution in [0, 0.1) is 13.8 Å². The van der Waals surface area contributed by atoms with E-state index in [2.05, 4.69) is 10.9 Å². The van der Waals surface area contributed by atoms with Gasteiger partial charge in [-0.05, 0) is 43.5 Å². The Kier molecular flexibility index (Phi) is 5.28. The predicted molar refractivity (Wildman–Crippen MR) is 101 cm³/mol. The zero-order valence-electron chi connectivity index (χ0n) is 14.6. The van der Waals surface area contributed by atoms with Gasteiger partial charge in [0.2, 0.25) is 5.91 Å². The topological polar surface area (TPSA) is 71.3 Å². The van der Waals surface area contributed by atoms with E-state index in [4.69, 9.17) is 16.0 Å². The fourth-order valence-electron chi connectivity index (χ4n) is 2.69. The molecule has 0 aliphatic rings. The van der Waals surface area contributed by atoms with Crippen LogP contribution in [0.2, 0.25) is 5.02 Å². The number of carbonyl (C=O) groups is 2. The van der Waals surface area contributed by atoms with Crippen molar-refractivity contribution in [2.45, 2.75) is 26.7 Å². The highest BCUT2D eigenvalue weighted by molar-refractivity contribution is 6.31. The smallest absolute Gasteiger partial charge is 0.305 e. The average molecular weight is 371 g/mol. The average Bonchev–Trinajstić information content (AvgIpc) is 2.98. The first-order valence-corrected chi connectivity index (χ1v) is 8.66. The van der Waals surface area contributed by atoms with Gasteiger partial charge in [-0.15, -0.1) is 0 Å². The molecular formula is C20H19ClN2O3. The molecule has 134 valence electrons. The van der Waals surface area contributed by atoms with E-state index in [1.807, 2.05) is 50.2 Å². The Labute approximate surface area is 156 Å². The van der Waals surface area contributed by atoms with Gasteiger partial charge in [0.25, 0.3) is 0 Å². The Morgan fingerprint density at radius 1 is 1.08 bits per heavy atom. The first-order valence-electron chi connectivity index (χ1n) is 8.28. The van der Waals surface area contributed by atoms with Crippen molar-refractivity contribution in [3.63, 3.8) is 0 Å². The zero-order chi connectivity index (χ0) is 18.7. The Balaban J connectivity index is 1.55. The van der Waals surface area contributed by atoms with Crippen molar-refractivity contribution in [1.82, 2.24) is 10.9 Å². The molecule has 2 amide bonds. The second-order valence-electron chi connectivity index (χ2n) is 6.14. The van der Waals surface area contributed by atoms with Crippen LogP contribution in [-0.4, -0.2) is 11.8 Å². The molecule has 0 unspecified atom stereocenters. The quantitative estimate of drug-likeness (QED) is 0.679. The number of fused-ring (bicyclic) bond motifs is 1. The number of amides is 2. The van der Waals surface area contributed by atoms with Gasteiger partial charge in [-0.3, -0.25) is 20.4 Å². The third-order valence-electron chi connectivity index (χ3n) is 4.24. The molecule has 0 bridgehead atoms. The number of hydrazine groups is 1. The van der Waals surface area contributed by atoms with Gasteiger partial charge in [0.1, 0.15) is 5.58 Å². The molecule has 0 saturated carbocycles. The van der Waals surface area contributed by atoms with Crippen LogP contribution in [0.1, 0.15) is 33.7 Å². The third kappa shape index (κ3) is 3.89. The highest BCUT2D eigenvalue weighted by atomic mass is 35.5. The summed E-state index contributed by atoms with van der Waals surface area (Å²) in [5, 5.41) is 1.55. The number of carbonyl (C=O) groups excluding carboxylic acids is 2. The molecule has 1 heterocycles. The van der Waals surface area contributed by atoms with Crippen molar-refractivity contribution in [3.05, 3.63) is 69.9 Å². The second kappa shape index (κ2) is 7.62. The van der Waals surface area contributed by atoms with Gasteiger partial charge in [-0.1, -0.05) is 41.9 Å². The van der Waals surface area contributed by atoms with Gasteiger partial charge >= 0.3 is 5.91 Å². The molecule has 5 nitrogen and oxygen atoms in total. The van der Waals surface area contributed by atoms with Crippen molar-refractivity contribution >= 4 is 34.4 Å². The van der Waals surface area contributed by atoms with Crippen LogP contribution in [0.25, 0.3) is 11.0 Å². The fourth-order valence-corrected chi connectivity index (χ4v) is 2.89. The molecule has 0 radical (unpaired) electrons. The third-order valence-corrected chi connectivity index (χ3v) is 4.65. The van der Waals surface area contributed by atoms with Gasteiger partial charge in [-0.2, -0.15) is 0 Å². The molecule has 6 heteroatoms. The number of rotatable bonds is 4. The minimum atomic E-state index is -0.481. The maximum atomic E-state index is 12.3. The standard InChI is InChI=1S/C20H19ClN2O3/c1-12-7-8-14(11-16(12)21)9-10-18(24)22-23-20(25)19-13(2)15-5-3-4-6-17(15)26-19/h3-8,11H,9-10H2,1-2H3,(H,22,24)(H,23,25). The van der Waals surface area contributed by atoms with E-state index in [1.165, 1.54) is 0 Å². The van der Waals surface area contributed by atoms with E-state index < -0.39 is 5.91 Å². The van der Waals surface area contributed by atoms with E-state index in [1.54, 1.807) is 6.07 Å². The fraction of sp³-hybridized carbons (Fsp3) is 0.200. The van der Waals surface area contributed by atoms with Crippen LogP contribution < -0.4 is 10.9 Å². The minimum absolute atomic E-state index is 0.191. The van der Waals surface area contributed by atoms with Crippen LogP contribution in [0.5, 0.6) is 0 Å². The summed E-state index contributed by atoms with van der Waals surface area (Å²) < 4.78 is 5.57. The molecule has 2 N–H and O–H groups in total. The highest BCUT2D eigenvalue weighted by Crippen LogP contribution is 2.24. The Hall–Kier alpha value is -2.79. The molecule has 1 aromatic heterocycles. The molecule has 0 atom stereocenters. The van der Waals surface area contributed by atoms with E-state index in [9.17, 15) is 9.59 Å². The molecule has 2 aromatic carbocycles. The number of aryl methyl sites for hydroxylation is 3. The van der Waals surface area contributed by atoms with E-state index >= 15 is 0 Å². The lowest BCUT2D eigenvalue weighted by Crippen LogP contribution is -2.41. The van der Waals surface area contributed by atoms with Crippen molar-refractivity contribution in [2.75, 3.05) is 0 Å². The summed E-state index contributed by atoms with van der Waals surface area (Å²) in [5.74, 6) is -0.578. The zero-order valence-corrected chi connectivity index (χ0v) is 15.3. The van der Waals surface area contributed by atoms with Crippen molar-refractivity contribution in [1.29, 1.82) is 0 Å². The summed E-state index contributed by atoms with van der Waals surface area (Å²) in [7, 11) is 0. The molecule has 0 saturated heterocycles. The lowest BCUT2D eigenvalue weighted by atomic mass is 10.1. The van der Waals surface area contributed by atoms with E-state index in [0.717, 1.165) is 22.1 Å². The number of nitrogens with one attached hydrogen (secondary N) is 2. The number of hydrogen-bond acceptors (Lipinski definition) is 3. The minimum Gasteiger partial charge on any atom is -0.451 e. The van der Waals surface area contributed by atoms with E-state index in [-0.39, 0.29) is 18.1 Å². The molecule has 0 fully saturated rings. The van der Waals surface area contributed by atoms with Crippen molar-refractivity contribution < 1.29 is 14.0 Å². The van der Waals surface area contributed by atoms with Crippen LogP contribution in [0.15, 0.2) is 46.9 Å². The van der Waals surface area contributed by atoms with E-state index in [0.29, 0.717) is 17.0 Å². The van der Waals surface area contributed by atoms with Crippen LogP contribution >= 0.6 is 11.6 Å². The first kappa shape index (κ1) is 18.0. The summed E-state index contributed by atoms with van der Waals surface area (Å²) in [6, 6.07) is 13.1. The summed E-state index contributed by atoms with van der Waals surface area (Å²) >= 11 is 6.08. The molecule has 3 aromatic rings. The Bertz CT molecular complexity index is 978. The number of hydrogen-bond donors (Lipinski definition) is 2. The summed E-state index contributed by atoms with van der Waals surface area (Å²) in [5.41, 5.74) is 8.15. The number of benzene rings is 2.